The van der Waals surface area contributed by atoms with Gasteiger partial charge in [-0.25, -0.2) is 4.90 Å². The number of imide groups is 1. The second-order valence-corrected chi connectivity index (χ2v) is 8.09. The zero-order chi connectivity index (χ0) is 20.2. The molecule has 3 heterocycles. The summed E-state index contributed by atoms with van der Waals surface area (Å²) in [6, 6.07) is 7.02. The van der Waals surface area contributed by atoms with Crippen molar-refractivity contribution >= 4 is 52.0 Å². The van der Waals surface area contributed by atoms with E-state index in [1.807, 2.05) is 6.07 Å². The van der Waals surface area contributed by atoms with E-state index in [-0.39, 0.29) is 0 Å². The average Bonchev–Trinajstić information content (AvgIpc) is 3.25. The van der Waals surface area contributed by atoms with E-state index >= 15 is 0 Å². The van der Waals surface area contributed by atoms with Gasteiger partial charge >= 0.3 is 11.9 Å². The summed E-state index contributed by atoms with van der Waals surface area (Å²) < 4.78 is 17.1. The molecular formula is C19H16INO7. The number of ether oxygens (including phenoxy) is 3. The molecule has 0 unspecified atom stereocenters. The van der Waals surface area contributed by atoms with E-state index in [0.717, 1.165) is 22.3 Å². The molecule has 0 aliphatic carbocycles. The van der Waals surface area contributed by atoms with Gasteiger partial charge in [-0.3, -0.25) is 19.2 Å². The Morgan fingerprint density at radius 2 is 1.86 bits per heavy atom. The molecule has 2 bridgehead atoms. The molecule has 9 heteroatoms. The lowest BCUT2D eigenvalue weighted by molar-refractivity contribution is -0.226. The largest absolute Gasteiger partial charge is 0.422 e. The minimum absolute atomic E-state index is 0.391. The van der Waals surface area contributed by atoms with Crippen molar-refractivity contribution in [2.45, 2.75) is 31.8 Å². The van der Waals surface area contributed by atoms with Crippen LogP contribution in [0.3, 0.4) is 0 Å². The number of carbonyl (C=O) groups is 4. The maximum atomic E-state index is 13.3. The van der Waals surface area contributed by atoms with Crippen molar-refractivity contribution in [1.82, 2.24) is 0 Å². The van der Waals surface area contributed by atoms with Crippen LogP contribution in [0, 0.1) is 15.4 Å². The molecule has 1 aromatic rings. The van der Waals surface area contributed by atoms with Crippen LogP contribution in [-0.2, 0) is 33.4 Å². The lowest BCUT2D eigenvalue weighted by Gasteiger charge is -2.34. The Balaban J connectivity index is 1.75. The fraction of sp³-hybridized carbons (Fsp3) is 0.368. The molecule has 0 saturated carbocycles. The molecule has 4 rings (SSSR count). The number of hydrogen-bond acceptors (Lipinski definition) is 7. The highest BCUT2D eigenvalue weighted by atomic mass is 127. The van der Waals surface area contributed by atoms with Crippen molar-refractivity contribution in [3.63, 3.8) is 0 Å². The summed E-state index contributed by atoms with van der Waals surface area (Å²) in [6.07, 6.45) is 1.07. The van der Waals surface area contributed by atoms with E-state index in [1.54, 1.807) is 30.4 Å². The van der Waals surface area contributed by atoms with Crippen LogP contribution >= 0.6 is 22.6 Å². The molecule has 2 fully saturated rings. The van der Waals surface area contributed by atoms with Crippen LogP contribution < -0.4 is 4.90 Å². The molecule has 146 valence electrons. The molecular weight excluding hydrogens is 481 g/mol. The van der Waals surface area contributed by atoms with Crippen LogP contribution in [0.2, 0.25) is 0 Å². The predicted molar refractivity (Wildman–Crippen MR) is 103 cm³/mol. The lowest BCUT2D eigenvalue weighted by Crippen LogP contribution is -2.52. The second-order valence-electron chi connectivity index (χ2n) is 6.84. The van der Waals surface area contributed by atoms with Crippen LogP contribution in [0.15, 0.2) is 36.4 Å². The molecule has 3 aliphatic rings. The molecule has 3 aliphatic heterocycles. The predicted octanol–water partition coefficient (Wildman–Crippen LogP) is 1.56. The normalized spacial score (nSPS) is 30.1. The first-order valence-corrected chi connectivity index (χ1v) is 9.67. The fourth-order valence-corrected chi connectivity index (χ4v) is 4.61. The third-order valence-electron chi connectivity index (χ3n) is 5.06. The number of halogens is 1. The molecule has 0 spiro atoms. The van der Waals surface area contributed by atoms with Gasteiger partial charge in [0.1, 0.15) is 0 Å². The number of rotatable bonds is 4. The summed E-state index contributed by atoms with van der Waals surface area (Å²) in [6.45, 7) is 2.32. The van der Waals surface area contributed by atoms with Gasteiger partial charge < -0.3 is 14.2 Å². The summed E-state index contributed by atoms with van der Waals surface area (Å²) in [4.78, 5) is 50.6. The van der Waals surface area contributed by atoms with E-state index in [2.05, 4.69) is 22.6 Å². The maximum Gasteiger partial charge on any atom is 0.305 e. The van der Waals surface area contributed by atoms with Gasteiger partial charge in [-0.1, -0.05) is 12.1 Å². The Morgan fingerprint density at radius 3 is 2.46 bits per heavy atom. The number of esters is 2. The highest BCUT2D eigenvalue weighted by molar-refractivity contribution is 14.1. The van der Waals surface area contributed by atoms with E-state index in [9.17, 15) is 19.2 Å². The summed E-state index contributed by atoms with van der Waals surface area (Å²) in [5.74, 6) is -4.00. The average molecular weight is 497 g/mol. The highest BCUT2D eigenvalue weighted by Gasteiger charge is 2.72. The fourth-order valence-electron chi connectivity index (χ4n) is 4.09. The van der Waals surface area contributed by atoms with E-state index < -0.39 is 53.6 Å². The molecule has 0 aromatic heterocycles. The van der Waals surface area contributed by atoms with Crippen molar-refractivity contribution in [3.05, 3.63) is 40.0 Å². The van der Waals surface area contributed by atoms with E-state index in [4.69, 9.17) is 14.2 Å². The van der Waals surface area contributed by atoms with Crippen molar-refractivity contribution < 1.29 is 33.4 Å². The Labute approximate surface area is 173 Å². The first-order chi connectivity index (χ1) is 13.2. The van der Waals surface area contributed by atoms with Gasteiger partial charge in [-0.2, -0.15) is 0 Å². The zero-order valence-electron chi connectivity index (χ0n) is 15.0. The summed E-state index contributed by atoms with van der Waals surface area (Å²) in [5, 5.41) is 0. The van der Waals surface area contributed by atoms with E-state index in [0.29, 0.717) is 5.69 Å². The Bertz CT molecular complexity index is 913. The molecule has 0 radical (unpaired) electrons. The quantitative estimate of drug-likeness (QED) is 0.205. The van der Waals surface area contributed by atoms with Crippen LogP contribution in [-0.4, -0.2) is 41.7 Å². The third-order valence-corrected chi connectivity index (χ3v) is 5.73. The van der Waals surface area contributed by atoms with Crippen LogP contribution in [0.5, 0.6) is 0 Å². The third kappa shape index (κ3) is 2.75. The number of carbonyl (C=O) groups excluding carboxylic acids is 4. The van der Waals surface area contributed by atoms with Gasteiger partial charge in [0.2, 0.25) is 11.8 Å². The highest BCUT2D eigenvalue weighted by Crippen LogP contribution is 2.54. The number of hydrogen-bond donors (Lipinski definition) is 0. The Hall–Kier alpha value is -2.27. The zero-order valence-corrected chi connectivity index (χ0v) is 17.1. The van der Waals surface area contributed by atoms with Crippen LogP contribution in [0.25, 0.3) is 0 Å². The van der Waals surface area contributed by atoms with Crippen LogP contribution in [0.4, 0.5) is 5.69 Å². The van der Waals surface area contributed by atoms with Crippen molar-refractivity contribution in [1.29, 1.82) is 0 Å². The molecule has 0 N–H and O–H groups in total. The van der Waals surface area contributed by atoms with Crippen molar-refractivity contribution in [3.8, 4) is 0 Å². The van der Waals surface area contributed by atoms with Gasteiger partial charge in [-0.15, -0.1) is 0 Å². The van der Waals surface area contributed by atoms with E-state index in [1.165, 1.54) is 0 Å². The lowest BCUT2D eigenvalue weighted by atomic mass is 9.76. The number of amides is 2. The topological polar surface area (TPSA) is 99.2 Å². The summed E-state index contributed by atoms with van der Waals surface area (Å²) in [5.41, 5.74) is -1.07. The van der Waals surface area contributed by atoms with Gasteiger partial charge in [0.25, 0.3) is 6.29 Å². The summed E-state index contributed by atoms with van der Waals surface area (Å²) >= 11 is 2.10. The summed E-state index contributed by atoms with van der Waals surface area (Å²) in [7, 11) is 0. The standard InChI is InChI=1S/C19H16INO7/c1-9(22)26-18(27-10(2)23)19-7-6-13(28-19)14-15(19)17(25)21(16(14)24)12-5-3-4-11(20)8-12/h3-8,13-15,18H,1-2H3/t13-,14+,15-,19+/m1/s1. The molecule has 2 amide bonds. The molecule has 8 nitrogen and oxygen atoms in total. The molecule has 4 atom stereocenters. The number of fused-ring (bicyclic) bond motifs is 5. The molecule has 2 saturated heterocycles. The Morgan fingerprint density at radius 1 is 1.18 bits per heavy atom. The number of nitrogens with zero attached hydrogens (tertiary/aromatic N) is 1. The smallest absolute Gasteiger partial charge is 0.305 e. The van der Waals surface area contributed by atoms with Gasteiger partial charge in [0, 0.05) is 17.4 Å². The van der Waals surface area contributed by atoms with Gasteiger partial charge in [0.15, 0.2) is 5.60 Å². The number of benzene rings is 1. The van der Waals surface area contributed by atoms with Crippen LogP contribution in [0.1, 0.15) is 13.8 Å². The minimum atomic E-state index is -1.53. The Kier molecular flexibility index (Phi) is 4.53. The number of anilines is 1. The second kappa shape index (κ2) is 6.66. The molecule has 1 aromatic carbocycles. The SMILES string of the molecule is CC(=O)OC(OC(C)=O)[C@@]12C=C[C@@H](O1)[C@@H]1C(=O)N(c3cccc(I)c3)C(=O)[C@@H]12. The first kappa shape index (κ1) is 19.1. The first-order valence-electron chi connectivity index (χ1n) is 8.59. The monoisotopic (exact) mass is 497 g/mol. The van der Waals surface area contributed by atoms with Gasteiger partial charge in [-0.05, 0) is 46.9 Å². The minimum Gasteiger partial charge on any atom is -0.422 e. The molecule has 28 heavy (non-hydrogen) atoms. The van der Waals surface area contributed by atoms with Gasteiger partial charge in [0.05, 0.1) is 23.6 Å². The van der Waals surface area contributed by atoms with Crippen molar-refractivity contribution in [2.24, 2.45) is 11.8 Å². The maximum absolute atomic E-state index is 13.3. The van der Waals surface area contributed by atoms with Crippen molar-refractivity contribution in [2.75, 3.05) is 4.90 Å².